The average molecular weight is 288 g/mol. The number of ether oxygens (including phenoxy) is 1. The fourth-order valence-corrected chi connectivity index (χ4v) is 4.23. The van der Waals surface area contributed by atoms with E-state index in [0.717, 1.165) is 6.54 Å². The molecule has 2 saturated heterocycles. The molecule has 3 heteroatoms. The summed E-state index contributed by atoms with van der Waals surface area (Å²) in [4.78, 5) is 2.70. The molecule has 1 aromatic carbocycles. The number of anilines is 1. The Hall–Kier alpha value is -1.06. The predicted molar refractivity (Wildman–Crippen MR) is 87.8 cm³/mol. The highest BCUT2D eigenvalue weighted by atomic mass is 16.5. The summed E-state index contributed by atoms with van der Waals surface area (Å²) in [6.07, 6.45) is 6.65. The van der Waals surface area contributed by atoms with Crippen LogP contribution in [0, 0.1) is 0 Å². The third-order valence-electron chi connectivity index (χ3n) is 4.99. The van der Waals surface area contributed by atoms with Crippen LogP contribution in [0.2, 0.25) is 0 Å². The van der Waals surface area contributed by atoms with Crippen LogP contribution in [0.3, 0.4) is 0 Å². The second-order valence-corrected chi connectivity index (χ2v) is 6.47. The number of fused-ring (bicyclic) bond motifs is 2. The molecule has 116 valence electrons. The first-order chi connectivity index (χ1) is 10.3. The van der Waals surface area contributed by atoms with E-state index in [1.165, 1.54) is 43.4 Å². The van der Waals surface area contributed by atoms with E-state index in [0.29, 0.717) is 24.7 Å². The van der Waals surface area contributed by atoms with Gasteiger partial charge in [0.05, 0.1) is 6.61 Å². The monoisotopic (exact) mass is 288 g/mol. The van der Waals surface area contributed by atoms with Crippen LogP contribution in [0.4, 0.5) is 5.69 Å². The molecule has 2 atom stereocenters. The molecule has 3 rings (SSSR count). The molecule has 0 aromatic heterocycles. The molecule has 2 fully saturated rings. The SMILES string of the molecule is CCNC1CC2CCCC(C1)N2c1cccc(COC)c1. The van der Waals surface area contributed by atoms with Gasteiger partial charge in [-0.3, -0.25) is 0 Å². The van der Waals surface area contributed by atoms with Crippen LogP contribution in [0.25, 0.3) is 0 Å². The van der Waals surface area contributed by atoms with E-state index in [9.17, 15) is 0 Å². The molecule has 0 aliphatic carbocycles. The van der Waals surface area contributed by atoms with Crippen molar-refractivity contribution in [2.24, 2.45) is 0 Å². The number of nitrogens with one attached hydrogen (secondary N) is 1. The molecule has 1 aromatic rings. The number of hydrogen-bond acceptors (Lipinski definition) is 3. The molecule has 2 heterocycles. The lowest BCUT2D eigenvalue weighted by atomic mass is 9.81. The van der Waals surface area contributed by atoms with Gasteiger partial charge in [0, 0.05) is 30.9 Å². The maximum absolute atomic E-state index is 5.28. The summed E-state index contributed by atoms with van der Waals surface area (Å²) in [7, 11) is 1.77. The van der Waals surface area contributed by atoms with Gasteiger partial charge in [-0.05, 0) is 56.3 Å². The van der Waals surface area contributed by atoms with Gasteiger partial charge in [-0.25, -0.2) is 0 Å². The third kappa shape index (κ3) is 3.24. The Morgan fingerprint density at radius 3 is 2.67 bits per heavy atom. The van der Waals surface area contributed by atoms with Crippen LogP contribution < -0.4 is 10.2 Å². The van der Waals surface area contributed by atoms with E-state index in [1.54, 1.807) is 7.11 Å². The van der Waals surface area contributed by atoms with Crippen molar-refractivity contribution in [3.05, 3.63) is 29.8 Å². The number of hydrogen-bond donors (Lipinski definition) is 1. The molecule has 1 N–H and O–H groups in total. The summed E-state index contributed by atoms with van der Waals surface area (Å²) in [5.41, 5.74) is 2.68. The van der Waals surface area contributed by atoms with E-state index in [1.807, 2.05) is 0 Å². The molecular formula is C18H28N2O. The van der Waals surface area contributed by atoms with E-state index in [4.69, 9.17) is 4.74 Å². The molecular weight excluding hydrogens is 260 g/mol. The Labute approximate surface area is 128 Å². The lowest BCUT2D eigenvalue weighted by molar-refractivity contribution is 0.185. The standard InChI is InChI=1S/C18H28N2O/c1-3-19-15-11-17-8-5-9-18(12-15)20(17)16-7-4-6-14(10-16)13-21-2/h4,6-7,10,15,17-19H,3,5,8-9,11-13H2,1-2H3. The smallest absolute Gasteiger partial charge is 0.0713 e. The van der Waals surface area contributed by atoms with Crippen molar-refractivity contribution in [3.8, 4) is 0 Å². The molecule has 2 aliphatic heterocycles. The highest BCUT2D eigenvalue weighted by Gasteiger charge is 2.37. The van der Waals surface area contributed by atoms with Crippen molar-refractivity contribution in [2.45, 2.75) is 63.8 Å². The first-order valence-electron chi connectivity index (χ1n) is 8.41. The van der Waals surface area contributed by atoms with E-state index in [-0.39, 0.29) is 0 Å². The van der Waals surface area contributed by atoms with Gasteiger partial charge in [-0.15, -0.1) is 0 Å². The molecule has 0 saturated carbocycles. The van der Waals surface area contributed by atoms with Gasteiger partial charge in [-0.2, -0.15) is 0 Å². The Bertz CT molecular complexity index is 448. The van der Waals surface area contributed by atoms with E-state index in [2.05, 4.69) is 41.4 Å². The van der Waals surface area contributed by atoms with Crippen LogP contribution >= 0.6 is 0 Å². The van der Waals surface area contributed by atoms with Crippen molar-refractivity contribution in [2.75, 3.05) is 18.6 Å². The van der Waals surface area contributed by atoms with Crippen LogP contribution in [-0.2, 0) is 11.3 Å². The maximum Gasteiger partial charge on any atom is 0.0713 e. The van der Waals surface area contributed by atoms with Crippen molar-refractivity contribution < 1.29 is 4.74 Å². The maximum atomic E-state index is 5.28. The lowest BCUT2D eigenvalue weighted by Crippen LogP contribution is -2.56. The second kappa shape index (κ2) is 6.80. The fourth-order valence-electron chi connectivity index (χ4n) is 4.23. The summed E-state index contributed by atoms with van der Waals surface area (Å²) >= 11 is 0. The first-order valence-corrected chi connectivity index (χ1v) is 8.41. The number of rotatable bonds is 5. The van der Waals surface area contributed by atoms with Gasteiger partial charge in [0.1, 0.15) is 0 Å². The van der Waals surface area contributed by atoms with Gasteiger partial charge in [-0.1, -0.05) is 19.1 Å². The van der Waals surface area contributed by atoms with Gasteiger partial charge in [0.15, 0.2) is 0 Å². The van der Waals surface area contributed by atoms with Crippen molar-refractivity contribution in [1.82, 2.24) is 5.32 Å². The Morgan fingerprint density at radius 1 is 1.24 bits per heavy atom. The van der Waals surface area contributed by atoms with E-state index < -0.39 is 0 Å². The van der Waals surface area contributed by atoms with Gasteiger partial charge in [0.2, 0.25) is 0 Å². The predicted octanol–water partition coefficient (Wildman–Crippen LogP) is 3.33. The molecule has 2 bridgehead atoms. The fraction of sp³-hybridized carbons (Fsp3) is 0.667. The quantitative estimate of drug-likeness (QED) is 0.899. The minimum Gasteiger partial charge on any atom is -0.380 e. The second-order valence-electron chi connectivity index (χ2n) is 6.47. The highest BCUT2D eigenvalue weighted by Crippen LogP contribution is 2.38. The zero-order valence-corrected chi connectivity index (χ0v) is 13.3. The summed E-state index contributed by atoms with van der Waals surface area (Å²) < 4.78 is 5.28. The van der Waals surface area contributed by atoms with Gasteiger partial charge < -0.3 is 15.0 Å². The van der Waals surface area contributed by atoms with Gasteiger partial charge >= 0.3 is 0 Å². The Kier molecular flexibility index (Phi) is 4.81. The largest absolute Gasteiger partial charge is 0.380 e. The molecule has 2 unspecified atom stereocenters. The van der Waals surface area contributed by atoms with Gasteiger partial charge in [0.25, 0.3) is 0 Å². The lowest BCUT2D eigenvalue weighted by Gasteiger charge is -2.50. The summed E-state index contributed by atoms with van der Waals surface area (Å²) in [6.45, 7) is 4.01. The van der Waals surface area contributed by atoms with Crippen LogP contribution in [0.15, 0.2) is 24.3 Å². The molecule has 0 amide bonds. The van der Waals surface area contributed by atoms with Crippen molar-refractivity contribution in [1.29, 1.82) is 0 Å². The summed E-state index contributed by atoms with van der Waals surface area (Å²) in [6, 6.07) is 11.1. The van der Waals surface area contributed by atoms with Crippen LogP contribution in [0.5, 0.6) is 0 Å². The third-order valence-corrected chi connectivity index (χ3v) is 4.99. The normalized spacial score (nSPS) is 28.7. The molecule has 2 aliphatic rings. The molecule has 0 radical (unpaired) electrons. The minimum absolute atomic E-state index is 0.705. The Morgan fingerprint density at radius 2 is 2.00 bits per heavy atom. The number of piperidine rings is 2. The molecule has 21 heavy (non-hydrogen) atoms. The average Bonchev–Trinajstić information content (AvgIpc) is 2.47. The van der Waals surface area contributed by atoms with Crippen molar-refractivity contribution in [3.63, 3.8) is 0 Å². The number of methoxy groups -OCH3 is 1. The van der Waals surface area contributed by atoms with Crippen molar-refractivity contribution >= 4 is 5.69 Å². The number of nitrogens with zero attached hydrogens (tertiary/aromatic N) is 1. The van der Waals surface area contributed by atoms with Crippen LogP contribution in [0.1, 0.15) is 44.6 Å². The van der Waals surface area contributed by atoms with E-state index >= 15 is 0 Å². The number of benzene rings is 1. The zero-order chi connectivity index (χ0) is 14.7. The summed E-state index contributed by atoms with van der Waals surface area (Å²) in [5, 5.41) is 3.67. The molecule has 3 nitrogen and oxygen atoms in total. The minimum atomic E-state index is 0.705. The Balaban J connectivity index is 1.80. The topological polar surface area (TPSA) is 24.5 Å². The van der Waals surface area contributed by atoms with Crippen LogP contribution in [-0.4, -0.2) is 31.8 Å². The summed E-state index contributed by atoms with van der Waals surface area (Å²) in [5.74, 6) is 0. The highest BCUT2D eigenvalue weighted by molar-refractivity contribution is 5.51. The first kappa shape index (κ1) is 14.9. The molecule has 0 spiro atoms. The zero-order valence-electron chi connectivity index (χ0n) is 13.3.